The second-order valence-electron chi connectivity index (χ2n) is 6.97. The van der Waals surface area contributed by atoms with Crippen LogP contribution in [0.5, 0.6) is 5.75 Å². The quantitative estimate of drug-likeness (QED) is 0.502. The fourth-order valence-corrected chi connectivity index (χ4v) is 5.24. The van der Waals surface area contributed by atoms with Crippen molar-refractivity contribution in [1.82, 2.24) is 14.5 Å². The minimum atomic E-state index is 0.313. The van der Waals surface area contributed by atoms with Crippen LogP contribution in [0, 0.1) is 13.8 Å². The molecule has 5 nitrogen and oxygen atoms in total. The first kappa shape index (κ1) is 19.5. The number of thioether (sulfide) groups is 1. The molecule has 1 saturated heterocycles. The van der Waals surface area contributed by atoms with Crippen LogP contribution >= 0.6 is 23.1 Å². The number of methoxy groups -OCH3 is 1. The van der Waals surface area contributed by atoms with Gasteiger partial charge in [0.2, 0.25) is 0 Å². The van der Waals surface area contributed by atoms with Crippen molar-refractivity contribution in [1.29, 1.82) is 0 Å². The van der Waals surface area contributed by atoms with Crippen LogP contribution in [0.2, 0.25) is 0 Å². The largest absolute Gasteiger partial charge is 0.497 e. The Labute approximate surface area is 174 Å². The fraction of sp³-hybridized carbons (Fsp3) is 0.429. The van der Waals surface area contributed by atoms with Crippen LogP contribution in [-0.4, -0.2) is 34.4 Å². The van der Waals surface area contributed by atoms with Crippen molar-refractivity contribution in [3.8, 4) is 16.3 Å². The number of thiazole rings is 1. The molecule has 0 spiro atoms. The Morgan fingerprint density at radius 2 is 2.07 bits per heavy atom. The van der Waals surface area contributed by atoms with E-state index in [4.69, 9.17) is 19.4 Å². The second kappa shape index (κ2) is 8.68. The van der Waals surface area contributed by atoms with Gasteiger partial charge in [0, 0.05) is 29.0 Å². The maximum absolute atomic E-state index is 5.83. The summed E-state index contributed by atoms with van der Waals surface area (Å²) in [6.07, 6.45) is 2.61. The number of ether oxygens (including phenoxy) is 2. The van der Waals surface area contributed by atoms with Crippen LogP contribution in [0.25, 0.3) is 10.6 Å². The summed E-state index contributed by atoms with van der Waals surface area (Å²) in [6.45, 7) is 6.00. The summed E-state index contributed by atoms with van der Waals surface area (Å²) in [7, 11) is 1.68. The van der Waals surface area contributed by atoms with Crippen LogP contribution in [0.1, 0.15) is 29.9 Å². The van der Waals surface area contributed by atoms with Crippen LogP contribution in [0.4, 0.5) is 0 Å². The van der Waals surface area contributed by atoms with E-state index in [0.717, 1.165) is 64.6 Å². The Morgan fingerprint density at radius 1 is 1.25 bits per heavy atom. The molecule has 28 heavy (non-hydrogen) atoms. The first-order valence-electron chi connectivity index (χ1n) is 9.51. The summed E-state index contributed by atoms with van der Waals surface area (Å²) in [6, 6.07) is 8.04. The third kappa shape index (κ3) is 4.26. The smallest absolute Gasteiger partial charge is 0.168 e. The fourth-order valence-electron chi connectivity index (χ4n) is 3.32. The van der Waals surface area contributed by atoms with Gasteiger partial charge < -0.3 is 14.0 Å². The van der Waals surface area contributed by atoms with E-state index in [0.29, 0.717) is 6.10 Å². The molecule has 3 aromatic rings. The molecule has 1 aromatic carbocycles. The second-order valence-corrected chi connectivity index (χ2v) is 8.77. The number of rotatable bonds is 7. The van der Waals surface area contributed by atoms with Crippen molar-refractivity contribution in [3.05, 3.63) is 46.7 Å². The number of imidazole rings is 1. The first-order chi connectivity index (χ1) is 13.6. The summed E-state index contributed by atoms with van der Waals surface area (Å²) in [5, 5.41) is 4.23. The summed E-state index contributed by atoms with van der Waals surface area (Å²) >= 11 is 3.43. The van der Waals surface area contributed by atoms with Crippen molar-refractivity contribution < 1.29 is 9.47 Å². The lowest BCUT2D eigenvalue weighted by atomic mass is 10.2. The summed E-state index contributed by atoms with van der Waals surface area (Å²) in [5.74, 6) is 1.67. The Morgan fingerprint density at radius 3 is 2.79 bits per heavy atom. The molecule has 1 fully saturated rings. The maximum Gasteiger partial charge on any atom is 0.168 e. The highest BCUT2D eigenvalue weighted by atomic mass is 32.2. The molecule has 4 rings (SSSR count). The topological polar surface area (TPSA) is 49.2 Å². The van der Waals surface area contributed by atoms with E-state index >= 15 is 0 Å². The van der Waals surface area contributed by atoms with Gasteiger partial charge in [-0.25, -0.2) is 9.97 Å². The highest BCUT2D eigenvalue weighted by Gasteiger charge is 2.20. The molecule has 1 aliphatic rings. The molecular weight excluding hydrogens is 390 g/mol. The maximum atomic E-state index is 5.83. The molecular formula is C21H25N3O2S2. The number of aromatic nitrogens is 3. The minimum Gasteiger partial charge on any atom is -0.497 e. The number of aryl methyl sites for hydroxylation is 1. The summed E-state index contributed by atoms with van der Waals surface area (Å²) in [5.41, 5.74) is 4.53. The van der Waals surface area contributed by atoms with Crippen molar-refractivity contribution >= 4 is 23.1 Å². The van der Waals surface area contributed by atoms with Crippen molar-refractivity contribution in [2.24, 2.45) is 0 Å². The Hall–Kier alpha value is -1.83. The monoisotopic (exact) mass is 415 g/mol. The van der Waals surface area contributed by atoms with Gasteiger partial charge in [-0.2, -0.15) is 0 Å². The SMILES string of the molecule is COc1ccc(-c2nc(CSc3nc(C)c(C)n3CC3CCCO3)cs2)cc1. The molecule has 7 heteroatoms. The molecule has 0 amide bonds. The van der Waals surface area contributed by atoms with Gasteiger partial charge in [0.05, 0.1) is 31.1 Å². The lowest BCUT2D eigenvalue weighted by Gasteiger charge is -2.14. The third-order valence-electron chi connectivity index (χ3n) is 5.07. The molecule has 0 aliphatic carbocycles. The molecule has 0 saturated carbocycles. The molecule has 2 aromatic heterocycles. The van der Waals surface area contributed by atoms with Crippen molar-refractivity contribution in [3.63, 3.8) is 0 Å². The number of nitrogens with zero attached hydrogens (tertiary/aromatic N) is 3. The molecule has 1 unspecified atom stereocenters. The Bertz CT molecular complexity index is 928. The zero-order chi connectivity index (χ0) is 19.5. The Kier molecular flexibility index (Phi) is 6.04. The van der Waals surface area contributed by atoms with E-state index in [2.05, 4.69) is 35.9 Å². The molecule has 1 atom stereocenters. The van der Waals surface area contributed by atoms with Gasteiger partial charge in [0.15, 0.2) is 5.16 Å². The van der Waals surface area contributed by atoms with E-state index in [1.165, 1.54) is 5.69 Å². The lowest BCUT2D eigenvalue weighted by Crippen LogP contribution is -2.16. The highest BCUT2D eigenvalue weighted by molar-refractivity contribution is 7.98. The first-order valence-corrected chi connectivity index (χ1v) is 11.4. The summed E-state index contributed by atoms with van der Waals surface area (Å²) in [4.78, 5) is 9.59. The third-order valence-corrected chi connectivity index (χ3v) is 7.02. The van der Waals surface area contributed by atoms with Gasteiger partial charge >= 0.3 is 0 Å². The van der Waals surface area contributed by atoms with Gasteiger partial charge in [-0.1, -0.05) is 11.8 Å². The normalized spacial score (nSPS) is 16.6. The number of benzene rings is 1. The van der Waals surface area contributed by atoms with Crippen LogP contribution < -0.4 is 4.74 Å². The van der Waals surface area contributed by atoms with Crippen LogP contribution in [0.3, 0.4) is 0 Å². The van der Waals surface area contributed by atoms with Crippen molar-refractivity contribution in [2.75, 3.05) is 13.7 Å². The van der Waals surface area contributed by atoms with Crippen molar-refractivity contribution in [2.45, 2.75) is 50.2 Å². The zero-order valence-electron chi connectivity index (χ0n) is 16.5. The van der Waals surface area contributed by atoms with Gasteiger partial charge in [0.1, 0.15) is 10.8 Å². The van der Waals surface area contributed by atoms with E-state index in [-0.39, 0.29) is 0 Å². The number of hydrogen-bond donors (Lipinski definition) is 0. The van der Waals surface area contributed by atoms with Gasteiger partial charge in [0.25, 0.3) is 0 Å². The van der Waals surface area contributed by atoms with E-state index in [1.54, 1.807) is 30.2 Å². The molecule has 0 bridgehead atoms. The van der Waals surface area contributed by atoms with Crippen LogP contribution in [-0.2, 0) is 17.0 Å². The predicted molar refractivity (Wildman–Crippen MR) is 114 cm³/mol. The predicted octanol–water partition coefficient (Wildman–Crippen LogP) is 5.10. The Balaban J connectivity index is 1.44. The van der Waals surface area contributed by atoms with E-state index in [9.17, 15) is 0 Å². The summed E-state index contributed by atoms with van der Waals surface area (Å²) < 4.78 is 13.4. The van der Waals surface area contributed by atoms with Gasteiger partial charge in [-0.3, -0.25) is 0 Å². The highest BCUT2D eigenvalue weighted by Crippen LogP contribution is 2.30. The average Bonchev–Trinajstić information content (AvgIpc) is 3.45. The standard InChI is InChI=1S/C21H25N3O2S2/c1-14-15(2)24(11-19-5-4-10-26-19)21(22-14)28-13-17-12-27-20(23-17)16-6-8-18(25-3)9-7-16/h6-9,12,19H,4-5,10-11,13H2,1-3H3. The molecule has 0 radical (unpaired) electrons. The molecule has 3 heterocycles. The lowest BCUT2D eigenvalue weighted by molar-refractivity contribution is 0.0945. The van der Waals surface area contributed by atoms with E-state index < -0.39 is 0 Å². The minimum absolute atomic E-state index is 0.313. The molecule has 0 N–H and O–H groups in total. The molecule has 1 aliphatic heterocycles. The average molecular weight is 416 g/mol. The number of hydrogen-bond acceptors (Lipinski definition) is 6. The van der Waals surface area contributed by atoms with Gasteiger partial charge in [-0.05, 0) is 51.0 Å². The van der Waals surface area contributed by atoms with E-state index in [1.807, 2.05) is 12.1 Å². The van der Waals surface area contributed by atoms with Gasteiger partial charge in [-0.15, -0.1) is 11.3 Å². The van der Waals surface area contributed by atoms with Crippen LogP contribution in [0.15, 0.2) is 34.8 Å². The molecule has 148 valence electrons. The zero-order valence-corrected chi connectivity index (χ0v) is 18.1.